The Morgan fingerprint density at radius 2 is 2.00 bits per heavy atom. The standard InChI is InChI=1S/C13H21N3O/c1-9-7-16(8-10(2)17-9)13-5-4-12(6-15-13)11(3)14/h4-6,9-11H,7-8,14H2,1-3H3/t9-,10+,11?. The van der Waals surface area contributed by atoms with Gasteiger partial charge in [-0.3, -0.25) is 0 Å². The lowest BCUT2D eigenvalue weighted by Gasteiger charge is -2.36. The number of ether oxygens (including phenoxy) is 1. The summed E-state index contributed by atoms with van der Waals surface area (Å²) >= 11 is 0. The zero-order chi connectivity index (χ0) is 12.4. The van der Waals surface area contributed by atoms with Gasteiger partial charge in [0.05, 0.1) is 12.2 Å². The molecule has 4 heteroatoms. The topological polar surface area (TPSA) is 51.4 Å². The Labute approximate surface area is 103 Å². The summed E-state index contributed by atoms with van der Waals surface area (Å²) in [7, 11) is 0. The summed E-state index contributed by atoms with van der Waals surface area (Å²) in [6, 6.07) is 4.14. The average molecular weight is 235 g/mol. The van der Waals surface area contributed by atoms with Crippen LogP contribution in [0.4, 0.5) is 5.82 Å². The lowest BCUT2D eigenvalue weighted by atomic mass is 10.1. The maximum atomic E-state index is 5.81. The molecule has 0 aromatic carbocycles. The number of pyridine rings is 1. The van der Waals surface area contributed by atoms with Gasteiger partial charge in [0.1, 0.15) is 5.82 Å². The number of rotatable bonds is 2. The highest BCUT2D eigenvalue weighted by atomic mass is 16.5. The van der Waals surface area contributed by atoms with Crippen LogP contribution in [0.25, 0.3) is 0 Å². The molecule has 1 aromatic heterocycles. The van der Waals surface area contributed by atoms with Gasteiger partial charge in [0.2, 0.25) is 0 Å². The summed E-state index contributed by atoms with van der Waals surface area (Å²) in [6.07, 6.45) is 2.38. The van der Waals surface area contributed by atoms with Crippen molar-refractivity contribution in [2.75, 3.05) is 18.0 Å². The third-order valence-electron chi connectivity index (χ3n) is 3.04. The van der Waals surface area contributed by atoms with Crippen molar-refractivity contribution in [3.63, 3.8) is 0 Å². The smallest absolute Gasteiger partial charge is 0.128 e. The molecule has 17 heavy (non-hydrogen) atoms. The molecule has 0 spiro atoms. The number of hydrogen-bond acceptors (Lipinski definition) is 4. The highest BCUT2D eigenvalue weighted by Crippen LogP contribution is 2.19. The van der Waals surface area contributed by atoms with Crippen molar-refractivity contribution in [2.24, 2.45) is 5.73 Å². The third-order valence-corrected chi connectivity index (χ3v) is 3.04. The van der Waals surface area contributed by atoms with Crippen LogP contribution >= 0.6 is 0 Å². The van der Waals surface area contributed by atoms with Crippen LogP contribution in [0.5, 0.6) is 0 Å². The van der Waals surface area contributed by atoms with Crippen LogP contribution in [0.15, 0.2) is 18.3 Å². The molecule has 1 aromatic rings. The SMILES string of the molecule is CC(N)c1ccc(N2C[C@@H](C)O[C@@H](C)C2)nc1. The molecule has 2 rings (SSSR count). The average Bonchev–Trinajstić information content (AvgIpc) is 2.28. The molecule has 1 aliphatic heterocycles. The van der Waals surface area contributed by atoms with Gasteiger partial charge in [-0.05, 0) is 32.4 Å². The van der Waals surface area contributed by atoms with E-state index in [0.29, 0.717) is 0 Å². The Kier molecular flexibility index (Phi) is 3.64. The van der Waals surface area contributed by atoms with Gasteiger partial charge in [0.15, 0.2) is 0 Å². The first-order valence-corrected chi connectivity index (χ1v) is 6.18. The van der Waals surface area contributed by atoms with Crippen molar-refractivity contribution < 1.29 is 4.74 Å². The van der Waals surface area contributed by atoms with Gasteiger partial charge in [0.25, 0.3) is 0 Å². The predicted molar refractivity (Wildman–Crippen MR) is 69.1 cm³/mol. The van der Waals surface area contributed by atoms with E-state index >= 15 is 0 Å². The normalized spacial score (nSPS) is 26.9. The fourth-order valence-electron chi connectivity index (χ4n) is 2.22. The number of hydrogen-bond donors (Lipinski definition) is 1. The van der Waals surface area contributed by atoms with E-state index in [1.807, 2.05) is 19.2 Å². The third kappa shape index (κ3) is 2.96. The Bertz CT molecular complexity index is 353. The minimum atomic E-state index is 0.0408. The fourth-order valence-corrected chi connectivity index (χ4v) is 2.22. The summed E-state index contributed by atoms with van der Waals surface area (Å²) in [5.74, 6) is 1.01. The molecule has 1 aliphatic rings. The van der Waals surface area contributed by atoms with Crippen LogP contribution in [-0.2, 0) is 4.74 Å². The minimum absolute atomic E-state index is 0.0408. The Morgan fingerprint density at radius 3 is 2.47 bits per heavy atom. The van der Waals surface area contributed by atoms with E-state index < -0.39 is 0 Å². The number of anilines is 1. The Morgan fingerprint density at radius 1 is 1.35 bits per heavy atom. The maximum Gasteiger partial charge on any atom is 0.128 e. The molecular formula is C13H21N3O. The van der Waals surface area contributed by atoms with Crippen molar-refractivity contribution >= 4 is 5.82 Å². The Balaban J connectivity index is 2.11. The molecule has 2 heterocycles. The first-order valence-electron chi connectivity index (χ1n) is 6.18. The van der Waals surface area contributed by atoms with Gasteiger partial charge in [-0.1, -0.05) is 6.07 Å². The van der Waals surface area contributed by atoms with Crippen LogP contribution < -0.4 is 10.6 Å². The molecule has 4 nitrogen and oxygen atoms in total. The molecule has 1 fully saturated rings. The highest BCUT2D eigenvalue weighted by molar-refractivity contribution is 5.40. The van der Waals surface area contributed by atoms with Crippen LogP contribution in [0, 0.1) is 0 Å². The van der Waals surface area contributed by atoms with Gasteiger partial charge in [0, 0.05) is 25.3 Å². The van der Waals surface area contributed by atoms with Crippen LogP contribution in [-0.4, -0.2) is 30.3 Å². The fraction of sp³-hybridized carbons (Fsp3) is 0.615. The number of morpholine rings is 1. The maximum absolute atomic E-state index is 5.81. The van der Waals surface area contributed by atoms with Crippen molar-refractivity contribution in [3.05, 3.63) is 23.9 Å². The monoisotopic (exact) mass is 235 g/mol. The molecular weight excluding hydrogens is 214 g/mol. The first-order chi connectivity index (χ1) is 8.06. The van der Waals surface area contributed by atoms with Crippen molar-refractivity contribution in [2.45, 2.75) is 39.0 Å². The predicted octanol–water partition coefficient (Wildman–Crippen LogP) is 1.71. The summed E-state index contributed by atoms with van der Waals surface area (Å²) in [5, 5.41) is 0. The summed E-state index contributed by atoms with van der Waals surface area (Å²) in [5.41, 5.74) is 6.89. The van der Waals surface area contributed by atoms with E-state index in [2.05, 4.69) is 29.8 Å². The van der Waals surface area contributed by atoms with Gasteiger partial charge < -0.3 is 15.4 Å². The minimum Gasteiger partial charge on any atom is -0.372 e. The lowest BCUT2D eigenvalue weighted by Crippen LogP contribution is -2.45. The number of nitrogens with two attached hydrogens (primary N) is 1. The van der Waals surface area contributed by atoms with E-state index in [0.717, 1.165) is 24.5 Å². The zero-order valence-corrected chi connectivity index (χ0v) is 10.8. The van der Waals surface area contributed by atoms with E-state index in [-0.39, 0.29) is 18.2 Å². The summed E-state index contributed by atoms with van der Waals surface area (Å²) < 4.78 is 5.71. The second-order valence-electron chi connectivity index (χ2n) is 4.90. The van der Waals surface area contributed by atoms with Crippen molar-refractivity contribution in [3.8, 4) is 0 Å². The van der Waals surface area contributed by atoms with Crippen molar-refractivity contribution in [1.82, 2.24) is 4.98 Å². The first kappa shape index (κ1) is 12.3. The van der Waals surface area contributed by atoms with Gasteiger partial charge >= 0.3 is 0 Å². The summed E-state index contributed by atoms with van der Waals surface area (Å²) in [6.45, 7) is 7.96. The summed E-state index contributed by atoms with van der Waals surface area (Å²) in [4.78, 5) is 6.75. The van der Waals surface area contributed by atoms with Crippen LogP contribution in [0.1, 0.15) is 32.4 Å². The number of aromatic nitrogens is 1. The van der Waals surface area contributed by atoms with Gasteiger partial charge in [-0.15, -0.1) is 0 Å². The quantitative estimate of drug-likeness (QED) is 0.848. The second-order valence-corrected chi connectivity index (χ2v) is 4.90. The molecule has 0 aliphatic carbocycles. The molecule has 1 unspecified atom stereocenters. The molecule has 0 amide bonds. The van der Waals surface area contributed by atoms with Crippen molar-refractivity contribution in [1.29, 1.82) is 0 Å². The van der Waals surface area contributed by atoms with Crippen LogP contribution in [0.3, 0.4) is 0 Å². The molecule has 0 bridgehead atoms. The van der Waals surface area contributed by atoms with Gasteiger partial charge in [-0.2, -0.15) is 0 Å². The lowest BCUT2D eigenvalue weighted by molar-refractivity contribution is -0.00545. The largest absolute Gasteiger partial charge is 0.372 e. The van der Waals surface area contributed by atoms with Gasteiger partial charge in [-0.25, -0.2) is 4.98 Å². The zero-order valence-electron chi connectivity index (χ0n) is 10.8. The van der Waals surface area contributed by atoms with E-state index in [4.69, 9.17) is 10.5 Å². The molecule has 2 N–H and O–H groups in total. The molecule has 94 valence electrons. The molecule has 1 saturated heterocycles. The molecule has 0 saturated carbocycles. The van der Waals surface area contributed by atoms with E-state index in [9.17, 15) is 0 Å². The second kappa shape index (κ2) is 5.02. The van der Waals surface area contributed by atoms with E-state index in [1.165, 1.54) is 0 Å². The van der Waals surface area contributed by atoms with Crippen LogP contribution in [0.2, 0.25) is 0 Å². The number of nitrogens with zero attached hydrogens (tertiary/aromatic N) is 2. The Hall–Kier alpha value is -1.13. The van der Waals surface area contributed by atoms with E-state index in [1.54, 1.807) is 0 Å². The molecule has 3 atom stereocenters. The highest BCUT2D eigenvalue weighted by Gasteiger charge is 2.22. The molecule has 0 radical (unpaired) electrons.